The van der Waals surface area contributed by atoms with Crippen molar-refractivity contribution in [2.24, 2.45) is 4.99 Å². The zero-order valence-electron chi connectivity index (χ0n) is 18.7. The molecule has 170 valence electrons. The minimum atomic E-state index is -0.497. The van der Waals surface area contributed by atoms with Gasteiger partial charge in [-0.1, -0.05) is 18.2 Å². The molecule has 1 aromatic heterocycles. The number of hydrogen-bond acceptors (Lipinski definition) is 4. The maximum absolute atomic E-state index is 12.0. The number of benzene rings is 1. The molecular weight excluding hydrogens is 507 g/mol. The summed E-state index contributed by atoms with van der Waals surface area (Å²) in [6, 6.07) is 10.1. The summed E-state index contributed by atoms with van der Waals surface area (Å²) in [5.74, 6) is 0.846. The van der Waals surface area contributed by atoms with Crippen LogP contribution in [0.5, 0.6) is 0 Å². The van der Waals surface area contributed by atoms with Gasteiger partial charge in [-0.3, -0.25) is 0 Å². The highest BCUT2D eigenvalue weighted by atomic mass is 127. The molecule has 2 N–H and O–H groups in total. The first-order chi connectivity index (χ1) is 14.3. The average Bonchev–Trinajstić information content (AvgIpc) is 3.34. The van der Waals surface area contributed by atoms with Crippen molar-refractivity contribution >= 4 is 36.0 Å². The molecule has 1 atom stereocenters. The highest BCUT2D eigenvalue weighted by molar-refractivity contribution is 14.0. The predicted molar refractivity (Wildman–Crippen MR) is 133 cm³/mol. The van der Waals surface area contributed by atoms with E-state index in [9.17, 15) is 4.79 Å². The van der Waals surface area contributed by atoms with E-state index in [4.69, 9.17) is 9.73 Å². The number of aromatic nitrogens is 2. The van der Waals surface area contributed by atoms with Gasteiger partial charge in [0.05, 0.1) is 24.5 Å². The first kappa shape index (κ1) is 25.0. The molecule has 0 saturated carbocycles. The van der Waals surface area contributed by atoms with Gasteiger partial charge in [0.2, 0.25) is 0 Å². The van der Waals surface area contributed by atoms with E-state index in [0.29, 0.717) is 13.1 Å². The Balaban J connectivity index is 0.00000341. The van der Waals surface area contributed by atoms with Gasteiger partial charge in [0.1, 0.15) is 5.60 Å². The Morgan fingerprint density at radius 1 is 1.29 bits per heavy atom. The zero-order valence-corrected chi connectivity index (χ0v) is 21.0. The number of para-hydroxylation sites is 1. The molecule has 8 nitrogen and oxygen atoms in total. The van der Waals surface area contributed by atoms with Crippen LogP contribution in [0.25, 0.3) is 5.69 Å². The van der Waals surface area contributed by atoms with E-state index in [-0.39, 0.29) is 36.1 Å². The smallest absolute Gasteiger partial charge is 0.407 e. The molecule has 1 fully saturated rings. The number of alkyl carbamates (subject to hydrolysis) is 1. The van der Waals surface area contributed by atoms with Gasteiger partial charge in [-0.15, -0.1) is 24.0 Å². The van der Waals surface area contributed by atoms with Crippen LogP contribution in [0.4, 0.5) is 4.79 Å². The Morgan fingerprint density at radius 2 is 2.03 bits per heavy atom. The van der Waals surface area contributed by atoms with Crippen LogP contribution in [-0.2, 0) is 11.3 Å². The summed E-state index contributed by atoms with van der Waals surface area (Å²) < 4.78 is 7.22. The number of likely N-dealkylation sites (tertiary alicyclic amines) is 1. The number of hydrogen-bond donors (Lipinski definition) is 2. The molecule has 3 rings (SSSR count). The zero-order chi connectivity index (χ0) is 21.6. The molecule has 1 aliphatic heterocycles. The van der Waals surface area contributed by atoms with Crippen LogP contribution in [0.1, 0.15) is 39.7 Å². The minimum Gasteiger partial charge on any atom is -0.444 e. The quantitative estimate of drug-likeness (QED) is 0.345. The van der Waals surface area contributed by atoms with Crippen LogP contribution >= 0.6 is 24.0 Å². The van der Waals surface area contributed by atoms with Crippen LogP contribution in [-0.4, -0.2) is 58.0 Å². The van der Waals surface area contributed by atoms with Crippen molar-refractivity contribution in [1.29, 1.82) is 0 Å². The molecule has 1 aliphatic rings. The van der Waals surface area contributed by atoms with Gasteiger partial charge in [0, 0.05) is 31.4 Å². The average molecular weight is 540 g/mol. The molecule has 2 heterocycles. The van der Waals surface area contributed by atoms with E-state index in [1.807, 2.05) is 68.2 Å². The third-order valence-corrected chi connectivity index (χ3v) is 4.61. The lowest BCUT2D eigenvalue weighted by molar-refractivity contribution is 0.0507. The molecule has 0 spiro atoms. The highest BCUT2D eigenvalue weighted by Gasteiger charge is 2.27. The second kappa shape index (κ2) is 11.4. The molecule has 1 unspecified atom stereocenters. The Morgan fingerprint density at radius 3 is 2.71 bits per heavy atom. The maximum Gasteiger partial charge on any atom is 0.407 e. The number of aliphatic imine (C=N–C) groups is 1. The number of guanidine groups is 1. The predicted octanol–water partition coefficient (Wildman–Crippen LogP) is 3.55. The van der Waals surface area contributed by atoms with Crippen molar-refractivity contribution in [3.05, 3.63) is 48.3 Å². The Labute approximate surface area is 201 Å². The molecule has 1 saturated heterocycles. The van der Waals surface area contributed by atoms with E-state index < -0.39 is 5.60 Å². The van der Waals surface area contributed by atoms with Crippen LogP contribution < -0.4 is 10.6 Å². The summed E-state index contributed by atoms with van der Waals surface area (Å²) in [7, 11) is 0. The molecule has 31 heavy (non-hydrogen) atoms. The second-order valence-electron chi connectivity index (χ2n) is 8.38. The van der Waals surface area contributed by atoms with Crippen LogP contribution in [0.3, 0.4) is 0 Å². The van der Waals surface area contributed by atoms with Gasteiger partial charge < -0.3 is 20.3 Å². The Bertz CT molecular complexity index is 862. The summed E-state index contributed by atoms with van der Waals surface area (Å²) in [5, 5.41) is 10.7. The maximum atomic E-state index is 12.0. The fourth-order valence-corrected chi connectivity index (χ4v) is 3.30. The van der Waals surface area contributed by atoms with Gasteiger partial charge in [-0.2, -0.15) is 5.10 Å². The van der Waals surface area contributed by atoms with Crippen molar-refractivity contribution in [2.75, 3.05) is 19.6 Å². The summed E-state index contributed by atoms with van der Waals surface area (Å²) in [5.41, 5.74) is 1.57. The number of nitrogens with zero attached hydrogens (tertiary/aromatic N) is 4. The number of amides is 1. The van der Waals surface area contributed by atoms with Crippen molar-refractivity contribution in [2.45, 2.75) is 52.3 Å². The topological polar surface area (TPSA) is 83.8 Å². The lowest BCUT2D eigenvalue weighted by atomic mass is 10.2. The largest absolute Gasteiger partial charge is 0.444 e. The van der Waals surface area contributed by atoms with Crippen molar-refractivity contribution in [1.82, 2.24) is 25.3 Å². The van der Waals surface area contributed by atoms with E-state index >= 15 is 0 Å². The third kappa shape index (κ3) is 7.71. The third-order valence-electron chi connectivity index (χ3n) is 4.61. The first-order valence-corrected chi connectivity index (χ1v) is 10.5. The van der Waals surface area contributed by atoms with Gasteiger partial charge in [-0.25, -0.2) is 14.5 Å². The van der Waals surface area contributed by atoms with Crippen molar-refractivity contribution in [3.8, 4) is 5.69 Å². The van der Waals surface area contributed by atoms with Crippen molar-refractivity contribution in [3.63, 3.8) is 0 Å². The van der Waals surface area contributed by atoms with Gasteiger partial charge in [0.25, 0.3) is 0 Å². The second-order valence-corrected chi connectivity index (χ2v) is 8.38. The number of carbonyl (C=O) groups excluding carboxylic acids is 1. The first-order valence-electron chi connectivity index (χ1n) is 10.5. The van der Waals surface area contributed by atoms with E-state index in [1.165, 1.54) is 0 Å². The van der Waals surface area contributed by atoms with Crippen LogP contribution in [0.15, 0.2) is 47.7 Å². The van der Waals surface area contributed by atoms with Crippen LogP contribution in [0.2, 0.25) is 0 Å². The summed E-state index contributed by atoms with van der Waals surface area (Å²) in [4.78, 5) is 19.0. The van der Waals surface area contributed by atoms with Gasteiger partial charge in [0.15, 0.2) is 5.96 Å². The summed E-state index contributed by atoms with van der Waals surface area (Å²) in [6.45, 7) is 10.5. The summed E-state index contributed by atoms with van der Waals surface area (Å²) >= 11 is 0. The molecule has 0 bridgehead atoms. The number of halogens is 1. The fraction of sp³-hybridized carbons (Fsp3) is 0.500. The fourth-order valence-electron chi connectivity index (χ4n) is 3.30. The van der Waals surface area contributed by atoms with Gasteiger partial charge in [-0.05, 0) is 46.2 Å². The normalized spacial score (nSPS) is 16.6. The molecule has 9 heteroatoms. The SMILES string of the molecule is CCNC(=NCc1cnn(-c2ccccc2)c1)N1CCC(NC(=O)OC(C)(C)C)C1.I. The lowest BCUT2D eigenvalue weighted by Crippen LogP contribution is -2.44. The van der Waals surface area contributed by atoms with E-state index in [1.54, 1.807) is 0 Å². The minimum absolute atomic E-state index is 0. The molecular formula is C22H33IN6O2. The molecule has 2 aromatic rings. The lowest BCUT2D eigenvalue weighted by Gasteiger charge is -2.23. The Kier molecular flexibility index (Phi) is 9.15. The standard InChI is InChI=1S/C22H32N6O2.HI/c1-5-23-20(27-12-11-18(16-27)26-21(29)30-22(2,3)4)24-13-17-14-25-28(15-17)19-9-7-6-8-10-19;/h6-10,14-15,18H,5,11-13,16H2,1-4H3,(H,23,24)(H,26,29);1H. The molecule has 1 amide bonds. The number of rotatable bonds is 5. The number of carbonyl (C=O) groups is 1. The van der Waals surface area contributed by atoms with E-state index in [2.05, 4.69) is 27.6 Å². The number of nitrogens with one attached hydrogen (secondary N) is 2. The molecule has 1 aromatic carbocycles. The highest BCUT2D eigenvalue weighted by Crippen LogP contribution is 2.13. The van der Waals surface area contributed by atoms with E-state index in [0.717, 1.165) is 36.7 Å². The Hall–Kier alpha value is -2.30. The van der Waals surface area contributed by atoms with Crippen molar-refractivity contribution < 1.29 is 9.53 Å². The number of ether oxygens (including phenoxy) is 1. The molecule has 0 radical (unpaired) electrons. The van der Waals surface area contributed by atoms with Gasteiger partial charge >= 0.3 is 6.09 Å². The molecule has 0 aliphatic carbocycles. The summed E-state index contributed by atoms with van der Waals surface area (Å²) in [6.07, 6.45) is 4.33. The monoisotopic (exact) mass is 540 g/mol. The van der Waals surface area contributed by atoms with Crippen LogP contribution in [0, 0.1) is 0 Å².